The van der Waals surface area contributed by atoms with E-state index in [0.717, 1.165) is 13.2 Å². The first-order valence-electron chi connectivity index (χ1n) is 4.15. The molecular weight excluding hydrogens is 216 g/mol. The zero-order valence-electron chi connectivity index (χ0n) is 8.28. The molecule has 0 saturated carbocycles. The molecule has 1 N–H and O–H groups in total. The number of hydrogen-bond donors (Lipinski definition) is 1. The van der Waals surface area contributed by atoms with E-state index in [2.05, 4.69) is 9.89 Å². The second-order valence-corrected chi connectivity index (χ2v) is 2.75. The maximum Gasteiger partial charge on any atom is 0.360 e. The molecule has 84 valence electrons. The summed E-state index contributed by atoms with van der Waals surface area (Å²) in [7, 11) is 1.12. The van der Waals surface area contributed by atoms with Gasteiger partial charge in [-0.1, -0.05) is 17.3 Å². The molecule has 0 radical (unpaired) electrons. The van der Waals surface area contributed by atoms with Gasteiger partial charge in [0.25, 0.3) is 5.69 Å². The van der Waals surface area contributed by atoms with Gasteiger partial charge >= 0.3 is 5.97 Å². The first-order chi connectivity index (χ1) is 7.60. The van der Waals surface area contributed by atoms with Gasteiger partial charge in [0.15, 0.2) is 5.71 Å². The number of hydrogen-bond acceptors (Lipinski definition) is 6. The molecule has 7 heteroatoms. The SMILES string of the molecule is COC(=O)/C(=N\O)c1cccc([N+](=O)[O-])c1. The summed E-state index contributed by atoms with van der Waals surface area (Å²) in [5.41, 5.74) is -0.475. The molecule has 0 spiro atoms. The molecular formula is C9H8N2O5. The van der Waals surface area contributed by atoms with Crippen molar-refractivity contribution in [3.63, 3.8) is 0 Å². The van der Waals surface area contributed by atoms with E-state index in [0.29, 0.717) is 0 Å². The second kappa shape index (κ2) is 4.87. The number of nitro groups is 1. The number of methoxy groups -OCH3 is 1. The van der Waals surface area contributed by atoms with Gasteiger partial charge in [0.2, 0.25) is 0 Å². The Balaban J connectivity index is 3.17. The van der Waals surface area contributed by atoms with Gasteiger partial charge < -0.3 is 9.94 Å². The van der Waals surface area contributed by atoms with Crippen LogP contribution in [0.1, 0.15) is 5.56 Å². The summed E-state index contributed by atoms with van der Waals surface area (Å²) in [6.07, 6.45) is 0. The lowest BCUT2D eigenvalue weighted by Crippen LogP contribution is -2.17. The molecule has 0 aliphatic heterocycles. The standard InChI is InChI=1S/C9H8N2O5/c1-16-9(12)8(10-13)6-3-2-4-7(5-6)11(14)15/h2-5,13H,1H3/b10-8-. The molecule has 0 aromatic heterocycles. The van der Waals surface area contributed by atoms with Crippen LogP contribution in [-0.4, -0.2) is 28.9 Å². The third-order valence-electron chi connectivity index (χ3n) is 1.81. The first kappa shape index (κ1) is 11.6. The van der Waals surface area contributed by atoms with Crippen LogP contribution in [0.3, 0.4) is 0 Å². The highest BCUT2D eigenvalue weighted by molar-refractivity contribution is 6.43. The van der Waals surface area contributed by atoms with Crippen molar-refractivity contribution in [3.05, 3.63) is 39.9 Å². The number of oxime groups is 1. The van der Waals surface area contributed by atoms with Crippen molar-refractivity contribution in [1.82, 2.24) is 0 Å². The third kappa shape index (κ3) is 2.32. The van der Waals surface area contributed by atoms with E-state index in [1.165, 1.54) is 18.2 Å². The van der Waals surface area contributed by atoms with Gasteiger partial charge in [0.1, 0.15) is 0 Å². The molecule has 1 rings (SSSR count). The van der Waals surface area contributed by atoms with Crippen molar-refractivity contribution in [2.24, 2.45) is 5.16 Å². The van der Waals surface area contributed by atoms with Crippen molar-refractivity contribution in [2.75, 3.05) is 7.11 Å². The zero-order valence-corrected chi connectivity index (χ0v) is 8.28. The van der Waals surface area contributed by atoms with E-state index in [4.69, 9.17) is 5.21 Å². The maximum atomic E-state index is 11.1. The zero-order chi connectivity index (χ0) is 12.1. The van der Waals surface area contributed by atoms with E-state index in [9.17, 15) is 14.9 Å². The third-order valence-corrected chi connectivity index (χ3v) is 1.81. The summed E-state index contributed by atoms with van der Waals surface area (Å²) in [4.78, 5) is 21.0. The quantitative estimate of drug-likeness (QED) is 0.270. The first-order valence-corrected chi connectivity index (χ1v) is 4.15. The molecule has 0 atom stereocenters. The number of nitrogens with zero attached hydrogens (tertiary/aromatic N) is 2. The van der Waals surface area contributed by atoms with Crippen LogP contribution in [0.2, 0.25) is 0 Å². The molecule has 1 aromatic rings. The van der Waals surface area contributed by atoms with Gasteiger partial charge in [-0.2, -0.15) is 0 Å². The summed E-state index contributed by atoms with van der Waals surface area (Å²) in [5, 5.41) is 21.9. The normalized spacial score (nSPS) is 10.9. The Morgan fingerprint density at radius 1 is 1.56 bits per heavy atom. The van der Waals surface area contributed by atoms with Crippen LogP contribution >= 0.6 is 0 Å². The summed E-state index contributed by atoms with van der Waals surface area (Å²) >= 11 is 0. The minimum Gasteiger partial charge on any atom is -0.464 e. The summed E-state index contributed by atoms with van der Waals surface area (Å²) in [6, 6.07) is 5.16. The number of carbonyl (C=O) groups excluding carboxylic acids is 1. The predicted octanol–water partition coefficient (Wildman–Crippen LogP) is 0.946. The maximum absolute atomic E-state index is 11.1. The number of esters is 1. The number of ether oxygens (including phenoxy) is 1. The number of non-ortho nitro benzene ring substituents is 1. The molecule has 0 bridgehead atoms. The van der Waals surface area contributed by atoms with Crippen LogP contribution < -0.4 is 0 Å². The van der Waals surface area contributed by atoms with E-state index in [-0.39, 0.29) is 17.0 Å². The van der Waals surface area contributed by atoms with Crippen molar-refractivity contribution in [1.29, 1.82) is 0 Å². The van der Waals surface area contributed by atoms with Crippen LogP contribution in [0.25, 0.3) is 0 Å². The molecule has 7 nitrogen and oxygen atoms in total. The Kier molecular flexibility index (Phi) is 3.54. The highest BCUT2D eigenvalue weighted by Gasteiger charge is 2.17. The average Bonchev–Trinajstić information content (AvgIpc) is 2.30. The molecule has 1 aromatic carbocycles. The fourth-order valence-corrected chi connectivity index (χ4v) is 1.08. The lowest BCUT2D eigenvalue weighted by atomic mass is 10.1. The van der Waals surface area contributed by atoms with Gasteiger partial charge in [-0.3, -0.25) is 10.1 Å². The van der Waals surface area contributed by atoms with Gasteiger partial charge in [0.05, 0.1) is 12.0 Å². The topological polar surface area (TPSA) is 102 Å². The van der Waals surface area contributed by atoms with Crippen molar-refractivity contribution < 1.29 is 19.7 Å². The molecule has 0 aliphatic carbocycles. The lowest BCUT2D eigenvalue weighted by molar-refractivity contribution is -0.384. The monoisotopic (exact) mass is 224 g/mol. The highest BCUT2D eigenvalue weighted by Crippen LogP contribution is 2.14. The number of carbonyl (C=O) groups is 1. The minimum atomic E-state index is -0.872. The Morgan fingerprint density at radius 2 is 2.25 bits per heavy atom. The average molecular weight is 224 g/mol. The summed E-state index contributed by atoms with van der Waals surface area (Å²) in [6.45, 7) is 0. The molecule has 0 saturated heterocycles. The molecule has 0 amide bonds. The Bertz CT molecular complexity index is 455. The van der Waals surface area contributed by atoms with Crippen LogP contribution in [0.15, 0.2) is 29.4 Å². The van der Waals surface area contributed by atoms with Crippen molar-refractivity contribution >= 4 is 17.4 Å². The van der Waals surface area contributed by atoms with Crippen LogP contribution in [-0.2, 0) is 9.53 Å². The smallest absolute Gasteiger partial charge is 0.360 e. The number of benzene rings is 1. The summed E-state index contributed by atoms with van der Waals surface area (Å²) < 4.78 is 4.36. The van der Waals surface area contributed by atoms with E-state index < -0.39 is 10.9 Å². The predicted molar refractivity (Wildman–Crippen MR) is 53.4 cm³/mol. The fourth-order valence-electron chi connectivity index (χ4n) is 1.08. The molecule has 0 heterocycles. The second-order valence-electron chi connectivity index (χ2n) is 2.75. The highest BCUT2D eigenvalue weighted by atomic mass is 16.6. The minimum absolute atomic E-state index is 0.114. The molecule has 0 unspecified atom stereocenters. The van der Waals surface area contributed by atoms with Crippen molar-refractivity contribution in [3.8, 4) is 0 Å². The van der Waals surface area contributed by atoms with Crippen LogP contribution in [0.5, 0.6) is 0 Å². The van der Waals surface area contributed by atoms with Crippen LogP contribution in [0.4, 0.5) is 5.69 Å². The Labute approximate surface area is 90.1 Å². The van der Waals surface area contributed by atoms with E-state index in [1.807, 2.05) is 0 Å². The molecule has 16 heavy (non-hydrogen) atoms. The molecule has 0 aliphatic rings. The van der Waals surface area contributed by atoms with Gasteiger partial charge in [0, 0.05) is 17.7 Å². The van der Waals surface area contributed by atoms with Gasteiger partial charge in [-0.15, -0.1) is 0 Å². The van der Waals surface area contributed by atoms with Crippen molar-refractivity contribution in [2.45, 2.75) is 0 Å². The molecule has 0 fully saturated rings. The summed E-state index contributed by atoms with van der Waals surface area (Å²) in [5.74, 6) is -0.872. The number of rotatable bonds is 3. The lowest BCUT2D eigenvalue weighted by Gasteiger charge is -2.01. The Morgan fingerprint density at radius 3 is 2.75 bits per heavy atom. The van der Waals surface area contributed by atoms with Gasteiger partial charge in [-0.25, -0.2) is 4.79 Å². The largest absolute Gasteiger partial charge is 0.464 e. The van der Waals surface area contributed by atoms with E-state index >= 15 is 0 Å². The van der Waals surface area contributed by atoms with Crippen LogP contribution in [0, 0.1) is 10.1 Å². The Hall–Kier alpha value is -2.44. The van der Waals surface area contributed by atoms with E-state index in [1.54, 1.807) is 0 Å². The van der Waals surface area contributed by atoms with Gasteiger partial charge in [-0.05, 0) is 0 Å². The number of nitro benzene ring substituents is 1. The fraction of sp³-hybridized carbons (Fsp3) is 0.111.